The van der Waals surface area contributed by atoms with Gasteiger partial charge in [-0.15, -0.1) is 35.3 Å². The minimum absolute atomic E-state index is 0.337. The van der Waals surface area contributed by atoms with Crippen molar-refractivity contribution in [2.45, 2.75) is 52.9 Å². The standard InChI is InChI=1S/C28H29Br2NS3/c29-22-11-15-25(16-12-22)33-28(34-26-17-13-23(30)14-18-26)19-27(31-24-9-5-2-6-10-24)32-20-21-7-3-1-4-8-21/h2,5-6,9-18,21,28H,1,3-4,7-8,19-20H2. The SMILES string of the molecule is Brc1ccc(SC(CC(=Nc2ccccc2)SCC2CCCCC2)Sc2ccc(Br)cc2)cc1. The molecule has 1 saturated carbocycles. The quantitative estimate of drug-likeness (QED) is 0.100. The van der Waals surface area contributed by atoms with Gasteiger partial charge in [0, 0.05) is 30.9 Å². The molecule has 0 amide bonds. The predicted molar refractivity (Wildman–Crippen MR) is 161 cm³/mol. The van der Waals surface area contributed by atoms with E-state index in [1.54, 1.807) is 0 Å². The van der Waals surface area contributed by atoms with Gasteiger partial charge < -0.3 is 0 Å². The molecule has 0 bridgehead atoms. The fourth-order valence-electron chi connectivity index (χ4n) is 3.93. The Morgan fingerprint density at radius 2 is 1.32 bits per heavy atom. The average Bonchev–Trinajstić information content (AvgIpc) is 2.86. The van der Waals surface area contributed by atoms with Gasteiger partial charge in [-0.3, -0.25) is 0 Å². The molecule has 0 saturated heterocycles. The minimum Gasteiger partial charge on any atom is -0.247 e. The van der Waals surface area contributed by atoms with Crippen molar-refractivity contribution in [2.75, 3.05) is 5.75 Å². The van der Waals surface area contributed by atoms with Crippen molar-refractivity contribution in [3.05, 3.63) is 87.8 Å². The van der Waals surface area contributed by atoms with Gasteiger partial charge in [0.1, 0.15) is 0 Å². The predicted octanol–water partition coefficient (Wildman–Crippen LogP) is 10.9. The van der Waals surface area contributed by atoms with Crippen LogP contribution in [0.15, 0.2) is 103 Å². The van der Waals surface area contributed by atoms with Crippen LogP contribution in [-0.2, 0) is 0 Å². The Bertz CT molecular complexity index is 986. The van der Waals surface area contributed by atoms with Crippen LogP contribution in [0, 0.1) is 5.92 Å². The molecular weight excluding hydrogens is 606 g/mol. The molecule has 0 unspecified atom stereocenters. The van der Waals surface area contributed by atoms with Crippen LogP contribution in [0.2, 0.25) is 0 Å². The van der Waals surface area contributed by atoms with Crippen molar-refractivity contribution in [3.63, 3.8) is 0 Å². The largest absolute Gasteiger partial charge is 0.247 e. The van der Waals surface area contributed by atoms with E-state index in [-0.39, 0.29) is 0 Å². The van der Waals surface area contributed by atoms with Crippen LogP contribution in [0.25, 0.3) is 0 Å². The molecule has 0 N–H and O–H groups in total. The van der Waals surface area contributed by atoms with Crippen LogP contribution in [0.1, 0.15) is 38.5 Å². The molecule has 1 aliphatic carbocycles. The molecule has 4 rings (SSSR count). The first kappa shape index (κ1) is 26.4. The van der Waals surface area contributed by atoms with Crippen molar-refractivity contribution < 1.29 is 0 Å². The number of aliphatic imine (C=N–C) groups is 1. The number of para-hydroxylation sites is 1. The lowest BCUT2D eigenvalue weighted by Gasteiger charge is -2.22. The van der Waals surface area contributed by atoms with Crippen LogP contribution in [-0.4, -0.2) is 15.4 Å². The van der Waals surface area contributed by atoms with Gasteiger partial charge in [0.15, 0.2) is 0 Å². The van der Waals surface area contributed by atoms with E-state index >= 15 is 0 Å². The summed E-state index contributed by atoms with van der Waals surface area (Å²) in [5.74, 6) is 2.01. The summed E-state index contributed by atoms with van der Waals surface area (Å²) < 4.78 is 2.57. The van der Waals surface area contributed by atoms with E-state index in [0.29, 0.717) is 4.58 Å². The van der Waals surface area contributed by atoms with Gasteiger partial charge in [0.05, 0.1) is 15.3 Å². The molecule has 0 radical (unpaired) electrons. The maximum absolute atomic E-state index is 5.13. The average molecular weight is 636 g/mol. The number of hydrogen-bond acceptors (Lipinski definition) is 4. The number of nitrogens with zero attached hydrogens (tertiary/aromatic N) is 1. The van der Waals surface area contributed by atoms with E-state index in [2.05, 4.69) is 111 Å². The molecule has 0 heterocycles. The van der Waals surface area contributed by atoms with Gasteiger partial charge >= 0.3 is 0 Å². The summed E-state index contributed by atoms with van der Waals surface area (Å²) in [5.41, 5.74) is 1.05. The molecule has 0 aliphatic heterocycles. The molecule has 1 nitrogen and oxygen atoms in total. The normalized spacial score (nSPS) is 15.1. The van der Waals surface area contributed by atoms with Gasteiger partial charge in [0.2, 0.25) is 0 Å². The first-order valence-electron chi connectivity index (χ1n) is 11.7. The first-order valence-corrected chi connectivity index (χ1v) is 16.1. The molecular formula is C28H29Br2NS3. The summed E-state index contributed by atoms with van der Waals surface area (Å²) in [6, 6.07) is 27.7. The maximum atomic E-state index is 5.13. The molecule has 3 aromatic rings. The zero-order valence-electron chi connectivity index (χ0n) is 19.0. The Morgan fingerprint density at radius 3 is 1.88 bits per heavy atom. The highest BCUT2D eigenvalue weighted by atomic mass is 79.9. The van der Waals surface area contributed by atoms with Gasteiger partial charge in [-0.25, -0.2) is 4.99 Å². The number of rotatable bonds is 9. The highest BCUT2D eigenvalue weighted by Gasteiger charge is 2.19. The molecule has 0 atom stereocenters. The topological polar surface area (TPSA) is 12.4 Å². The Balaban J connectivity index is 1.54. The summed E-state index contributed by atoms with van der Waals surface area (Å²) in [4.78, 5) is 7.70. The fraction of sp³-hybridized carbons (Fsp3) is 0.321. The zero-order valence-corrected chi connectivity index (χ0v) is 24.7. The summed E-state index contributed by atoms with van der Waals surface area (Å²) in [7, 11) is 0. The monoisotopic (exact) mass is 633 g/mol. The second-order valence-electron chi connectivity index (χ2n) is 8.43. The lowest BCUT2D eigenvalue weighted by Crippen LogP contribution is -2.12. The van der Waals surface area contributed by atoms with Crippen molar-refractivity contribution in [1.82, 2.24) is 0 Å². The van der Waals surface area contributed by atoms with E-state index in [0.717, 1.165) is 27.0 Å². The lowest BCUT2D eigenvalue weighted by atomic mass is 9.91. The first-order chi connectivity index (χ1) is 16.6. The molecule has 0 spiro atoms. The fourth-order valence-corrected chi connectivity index (χ4v) is 8.42. The van der Waals surface area contributed by atoms with E-state index in [4.69, 9.17) is 4.99 Å². The van der Waals surface area contributed by atoms with Gasteiger partial charge in [-0.1, -0.05) is 69.3 Å². The number of hydrogen-bond donors (Lipinski definition) is 0. The third-order valence-electron chi connectivity index (χ3n) is 5.72. The Kier molecular flexibility index (Phi) is 11.0. The lowest BCUT2D eigenvalue weighted by molar-refractivity contribution is 0.391. The highest BCUT2D eigenvalue weighted by molar-refractivity contribution is 9.10. The Hall–Kier alpha value is -0.660. The maximum Gasteiger partial charge on any atom is 0.0758 e. The van der Waals surface area contributed by atoms with Crippen molar-refractivity contribution in [1.29, 1.82) is 0 Å². The van der Waals surface area contributed by atoms with Gasteiger partial charge in [0.25, 0.3) is 0 Å². The molecule has 1 fully saturated rings. The van der Waals surface area contributed by atoms with Crippen LogP contribution in [0.3, 0.4) is 0 Å². The van der Waals surface area contributed by atoms with E-state index < -0.39 is 0 Å². The third kappa shape index (κ3) is 9.09. The minimum atomic E-state index is 0.337. The summed E-state index contributed by atoms with van der Waals surface area (Å²) in [6.07, 6.45) is 7.86. The Morgan fingerprint density at radius 1 is 0.765 bits per heavy atom. The van der Waals surface area contributed by atoms with Crippen molar-refractivity contribution >= 4 is 77.9 Å². The molecule has 0 aromatic heterocycles. The second-order valence-corrected chi connectivity index (χ2v) is 14.2. The summed E-state index contributed by atoms with van der Waals surface area (Å²) >= 11 is 13.0. The van der Waals surface area contributed by atoms with Gasteiger partial charge in [-0.05, 0) is 79.4 Å². The molecule has 3 aromatic carbocycles. The second kappa shape index (κ2) is 14.2. The number of benzene rings is 3. The van der Waals surface area contributed by atoms with Crippen LogP contribution < -0.4 is 0 Å². The van der Waals surface area contributed by atoms with Crippen LogP contribution in [0.4, 0.5) is 5.69 Å². The summed E-state index contributed by atoms with van der Waals surface area (Å²) in [6.45, 7) is 0. The number of halogens is 2. The van der Waals surface area contributed by atoms with Crippen molar-refractivity contribution in [3.8, 4) is 0 Å². The van der Waals surface area contributed by atoms with Crippen molar-refractivity contribution in [2.24, 2.45) is 10.9 Å². The number of thioether (sulfide) groups is 3. The molecule has 6 heteroatoms. The highest BCUT2D eigenvalue weighted by Crippen LogP contribution is 2.40. The van der Waals surface area contributed by atoms with Crippen LogP contribution >= 0.6 is 67.1 Å². The molecule has 1 aliphatic rings. The van der Waals surface area contributed by atoms with Gasteiger partial charge in [-0.2, -0.15) is 0 Å². The van der Waals surface area contributed by atoms with E-state index in [9.17, 15) is 0 Å². The molecule has 34 heavy (non-hydrogen) atoms. The van der Waals surface area contributed by atoms with E-state index in [1.165, 1.54) is 52.7 Å². The Labute approximate surface area is 233 Å². The molecule has 178 valence electrons. The third-order valence-corrected chi connectivity index (χ3v) is 10.5. The smallest absolute Gasteiger partial charge is 0.0758 e. The van der Waals surface area contributed by atoms with Crippen LogP contribution in [0.5, 0.6) is 0 Å². The van der Waals surface area contributed by atoms with E-state index in [1.807, 2.05) is 35.3 Å². The summed E-state index contributed by atoms with van der Waals surface area (Å²) in [5, 5.41) is 1.25. The zero-order chi connectivity index (χ0) is 23.6.